The summed E-state index contributed by atoms with van der Waals surface area (Å²) < 4.78 is 0. The summed E-state index contributed by atoms with van der Waals surface area (Å²) in [6.07, 6.45) is 0.222. The molecule has 0 amide bonds. The largest absolute Gasteiger partial charge is 0.396 e. The smallest absolute Gasteiger partial charge is 0.0645 e. The average Bonchev–Trinajstić information content (AvgIpc) is 2.08. The van der Waals surface area contributed by atoms with Gasteiger partial charge in [0.25, 0.3) is 0 Å². The van der Waals surface area contributed by atoms with Crippen molar-refractivity contribution in [2.45, 2.75) is 12.0 Å². The maximum atomic E-state index is 8.52. The highest BCUT2D eigenvalue weighted by Gasteiger charge is 2.21. The molecule has 0 rings (SSSR count). The normalized spacial score (nSPS) is 10.4. The standard InChI is InChI=1S/C5H13NO3.CH5N/c6-5(3-8,4-9)1-2-7;1-2/h7-9H,1-4,6H2;2H2,1H3. The van der Waals surface area contributed by atoms with Crippen LogP contribution >= 0.6 is 0 Å². The Balaban J connectivity index is 0. The van der Waals surface area contributed by atoms with Crippen LogP contribution in [0.15, 0.2) is 0 Å². The van der Waals surface area contributed by atoms with Gasteiger partial charge in [0.2, 0.25) is 0 Å². The second kappa shape index (κ2) is 7.90. The van der Waals surface area contributed by atoms with Gasteiger partial charge in [0, 0.05) is 6.61 Å². The molecule has 5 heteroatoms. The number of nitrogens with two attached hydrogens (primary N) is 2. The first-order valence-electron chi connectivity index (χ1n) is 3.38. The molecule has 0 aromatic heterocycles. The molecule has 0 aliphatic carbocycles. The number of rotatable bonds is 4. The summed E-state index contributed by atoms with van der Waals surface area (Å²) in [5.41, 5.74) is 8.84. The third kappa shape index (κ3) is 6.21. The van der Waals surface area contributed by atoms with Crippen molar-refractivity contribution in [3.8, 4) is 0 Å². The molecule has 0 aliphatic heterocycles. The van der Waals surface area contributed by atoms with Crippen molar-refractivity contribution in [1.82, 2.24) is 0 Å². The second-order valence-corrected chi connectivity index (χ2v) is 2.15. The zero-order valence-electron chi connectivity index (χ0n) is 6.82. The molecule has 7 N–H and O–H groups in total. The summed E-state index contributed by atoms with van der Waals surface area (Å²) in [4.78, 5) is 0. The van der Waals surface area contributed by atoms with E-state index < -0.39 is 5.54 Å². The maximum absolute atomic E-state index is 8.52. The Bertz CT molecular complexity index is 76.2. The summed E-state index contributed by atoms with van der Waals surface area (Å²) >= 11 is 0. The SMILES string of the molecule is CN.NC(CO)(CO)CCO. The maximum Gasteiger partial charge on any atom is 0.0645 e. The number of hydrogen-bond donors (Lipinski definition) is 5. The molecule has 0 heterocycles. The minimum atomic E-state index is -1.01. The quantitative estimate of drug-likeness (QED) is 0.320. The predicted octanol–water partition coefficient (Wildman–Crippen LogP) is -2.37. The van der Waals surface area contributed by atoms with Crippen molar-refractivity contribution in [1.29, 1.82) is 0 Å². The molecule has 0 atom stereocenters. The van der Waals surface area contributed by atoms with Gasteiger partial charge in [0.15, 0.2) is 0 Å². The lowest BCUT2D eigenvalue weighted by atomic mass is 10.00. The van der Waals surface area contributed by atoms with Gasteiger partial charge in [-0.05, 0) is 13.5 Å². The van der Waals surface area contributed by atoms with Gasteiger partial charge in [-0.25, -0.2) is 0 Å². The Kier molecular flexibility index (Phi) is 9.62. The highest BCUT2D eigenvalue weighted by molar-refractivity contribution is 4.81. The Labute approximate surface area is 66.6 Å². The highest BCUT2D eigenvalue weighted by atomic mass is 16.3. The lowest BCUT2D eigenvalue weighted by Crippen LogP contribution is -2.47. The average molecular weight is 166 g/mol. The van der Waals surface area contributed by atoms with E-state index in [1.807, 2.05) is 0 Å². The fourth-order valence-electron chi connectivity index (χ4n) is 0.431. The summed E-state index contributed by atoms with van der Waals surface area (Å²) in [5, 5.41) is 25.4. The number of hydrogen-bond acceptors (Lipinski definition) is 5. The van der Waals surface area contributed by atoms with Crippen LogP contribution in [-0.4, -0.2) is 47.7 Å². The fraction of sp³-hybridized carbons (Fsp3) is 1.00. The topological polar surface area (TPSA) is 113 Å². The third-order valence-electron chi connectivity index (χ3n) is 1.24. The summed E-state index contributed by atoms with van der Waals surface area (Å²) in [7, 11) is 1.50. The minimum Gasteiger partial charge on any atom is -0.396 e. The lowest BCUT2D eigenvalue weighted by molar-refractivity contribution is 0.0967. The number of aliphatic hydroxyl groups is 3. The molecular weight excluding hydrogens is 148 g/mol. The van der Waals surface area contributed by atoms with Gasteiger partial charge in [-0.2, -0.15) is 0 Å². The summed E-state index contributed by atoms with van der Waals surface area (Å²) in [6, 6.07) is 0. The number of aliphatic hydroxyl groups excluding tert-OH is 3. The van der Waals surface area contributed by atoms with Crippen molar-refractivity contribution in [2.75, 3.05) is 26.9 Å². The van der Waals surface area contributed by atoms with E-state index in [0.29, 0.717) is 0 Å². The Morgan fingerprint density at radius 3 is 1.55 bits per heavy atom. The van der Waals surface area contributed by atoms with Gasteiger partial charge in [-0.1, -0.05) is 0 Å². The first-order valence-corrected chi connectivity index (χ1v) is 3.38. The van der Waals surface area contributed by atoms with Gasteiger partial charge in [-0.15, -0.1) is 0 Å². The molecule has 0 aromatic rings. The highest BCUT2D eigenvalue weighted by Crippen LogP contribution is 2.02. The Morgan fingerprint density at radius 1 is 1.09 bits per heavy atom. The summed E-state index contributed by atoms with van der Waals surface area (Å²) in [5.74, 6) is 0. The molecule has 0 fully saturated rings. The summed E-state index contributed by atoms with van der Waals surface area (Å²) in [6.45, 7) is -0.717. The van der Waals surface area contributed by atoms with Crippen molar-refractivity contribution in [3.05, 3.63) is 0 Å². The van der Waals surface area contributed by atoms with Crippen LogP contribution in [0.4, 0.5) is 0 Å². The van der Waals surface area contributed by atoms with E-state index in [1.165, 1.54) is 7.05 Å². The van der Waals surface area contributed by atoms with Crippen LogP contribution < -0.4 is 11.5 Å². The van der Waals surface area contributed by atoms with Gasteiger partial charge in [0.05, 0.1) is 18.8 Å². The molecule has 0 radical (unpaired) electrons. The third-order valence-corrected chi connectivity index (χ3v) is 1.24. The Hall–Kier alpha value is -0.200. The molecular formula is C6H18N2O3. The molecule has 0 saturated heterocycles. The molecule has 11 heavy (non-hydrogen) atoms. The van der Waals surface area contributed by atoms with Gasteiger partial charge in [0.1, 0.15) is 0 Å². The van der Waals surface area contributed by atoms with Gasteiger partial charge < -0.3 is 26.8 Å². The van der Waals surface area contributed by atoms with Crippen LogP contribution in [0.1, 0.15) is 6.42 Å². The molecule has 0 bridgehead atoms. The van der Waals surface area contributed by atoms with Crippen molar-refractivity contribution >= 4 is 0 Å². The van der Waals surface area contributed by atoms with Crippen LogP contribution in [0.3, 0.4) is 0 Å². The molecule has 0 spiro atoms. The van der Waals surface area contributed by atoms with Gasteiger partial charge in [-0.3, -0.25) is 0 Å². The van der Waals surface area contributed by atoms with Crippen molar-refractivity contribution < 1.29 is 15.3 Å². The predicted molar refractivity (Wildman–Crippen MR) is 42.9 cm³/mol. The second-order valence-electron chi connectivity index (χ2n) is 2.15. The molecule has 70 valence electrons. The zero-order chi connectivity index (χ0) is 9.33. The van der Waals surface area contributed by atoms with Crippen molar-refractivity contribution in [3.63, 3.8) is 0 Å². The van der Waals surface area contributed by atoms with Crippen LogP contribution in [0, 0.1) is 0 Å². The molecule has 0 aromatic carbocycles. The van der Waals surface area contributed by atoms with E-state index in [4.69, 9.17) is 21.1 Å². The van der Waals surface area contributed by atoms with Crippen LogP contribution in [0.2, 0.25) is 0 Å². The van der Waals surface area contributed by atoms with E-state index >= 15 is 0 Å². The first-order chi connectivity index (χ1) is 5.18. The van der Waals surface area contributed by atoms with Crippen LogP contribution in [0.5, 0.6) is 0 Å². The van der Waals surface area contributed by atoms with Gasteiger partial charge >= 0.3 is 0 Å². The zero-order valence-corrected chi connectivity index (χ0v) is 6.82. The lowest BCUT2D eigenvalue weighted by Gasteiger charge is -2.22. The first kappa shape index (κ1) is 13.4. The minimum absolute atomic E-state index is 0.113. The van der Waals surface area contributed by atoms with Crippen LogP contribution in [-0.2, 0) is 0 Å². The molecule has 0 unspecified atom stereocenters. The van der Waals surface area contributed by atoms with E-state index in [-0.39, 0.29) is 26.2 Å². The fourth-order valence-corrected chi connectivity index (χ4v) is 0.431. The van der Waals surface area contributed by atoms with Crippen LogP contribution in [0.25, 0.3) is 0 Å². The van der Waals surface area contributed by atoms with E-state index in [0.717, 1.165) is 0 Å². The Morgan fingerprint density at radius 2 is 1.45 bits per heavy atom. The van der Waals surface area contributed by atoms with E-state index in [2.05, 4.69) is 5.73 Å². The monoisotopic (exact) mass is 166 g/mol. The molecule has 5 nitrogen and oxygen atoms in total. The van der Waals surface area contributed by atoms with E-state index in [1.54, 1.807) is 0 Å². The van der Waals surface area contributed by atoms with E-state index in [9.17, 15) is 0 Å². The molecule has 0 aliphatic rings. The van der Waals surface area contributed by atoms with Crippen molar-refractivity contribution in [2.24, 2.45) is 11.5 Å². The molecule has 0 saturated carbocycles.